The summed E-state index contributed by atoms with van der Waals surface area (Å²) >= 11 is 2.04. The van der Waals surface area contributed by atoms with Crippen molar-refractivity contribution in [1.82, 2.24) is 4.98 Å². The van der Waals surface area contributed by atoms with Crippen molar-refractivity contribution in [2.75, 3.05) is 5.75 Å². The van der Waals surface area contributed by atoms with Crippen LogP contribution < -0.4 is 5.73 Å². The molecule has 0 bridgehead atoms. The van der Waals surface area contributed by atoms with Crippen LogP contribution in [0.3, 0.4) is 0 Å². The molecule has 2 nitrogen and oxygen atoms in total. The molecule has 0 aliphatic heterocycles. The number of hydrogen-bond acceptors (Lipinski definition) is 3. The quantitative estimate of drug-likeness (QED) is 0.402. The lowest BCUT2D eigenvalue weighted by Gasteiger charge is -2.17. The highest BCUT2D eigenvalue weighted by Crippen LogP contribution is 2.33. The van der Waals surface area contributed by atoms with Crippen LogP contribution in [0.5, 0.6) is 0 Å². The molecule has 2 atom stereocenters. The van der Waals surface area contributed by atoms with E-state index >= 15 is 0 Å². The van der Waals surface area contributed by atoms with Gasteiger partial charge >= 0.3 is 0 Å². The minimum Gasteiger partial charge on any atom is -0.324 e. The van der Waals surface area contributed by atoms with Crippen molar-refractivity contribution < 1.29 is 0 Å². The van der Waals surface area contributed by atoms with Crippen molar-refractivity contribution >= 4 is 11.8 Å². The second-order valence-corrected chi connectivity index (χ2v) is 9.42. The SMILES string of the molecule is CC[C@H](CCCC[C@@H](N)c1ccccc1C)c1ccc(CSCC2CC2)nc1. The number of nitrogens with zero attached hydrogens (tertiary/aromatic N) is 1. The molecule has 1 aromatic heterocycles. The summed E-state index contributed by atoms with van der Waals surface area (Å²) in [6.07, 6.45) is 10.9. The molecule has 0 spiro atoms. The van der Waals surface area contributed by atoms with E-state index in [1.165, 1.54) is 66.7 Å². The third-order valence-corrected chi connectivity index (χ3v) is 7.22. The summed E-state index contributed by atoms with van der Waals surface area (Å²) in [5.74, 6) is 3.98. The van der Waals surface area contributed by atoms with Gasteiger partial charge in [0, 0.05) is 18.0 Å². The van der Waals surface area contributed by atoms with Gasteiger partial charge in [0.15, 0.2) is 0 Å². The minimum atomic E-state index is 0.162. The normalized spacial score (nSPS) is 16.1. The van der Waals surface area contributed by atoms with Crippen LogP contribution in [-0.2, 0) is 5.75 Å². The van der Waals surface area contributed by atoms with Gasteiger partial charge in [0.25, 0.3) is 0 Å². The molecule has 0 saturated heterocycles. The molecule has 1 aliphatic carbocycles. The Morgan fingerprint density at radius 1 is 1.11 bits per heavy atom. The minimum absolute atomic E-state index is 0.162. The number of aryl methyl sites for hydroxylation is 1. The molecule has 1 aromatic carbocycles. The number of benzene rings is 1. The fraction of sp³-hybridized carbons (Fsp3) is 0.560. The summed E-state index contributed by atoms with van der Waals surface area (Å²) < 4.78 is 0. The lowest BCUT2D eigenvalue weighted by Crippen LogP contribution is -2.11. The molecule has 2 N–H and O–H groups in total. The Kier molecular flexibility index (Phi) is 8.42. The first-order valence-corrected chi connectivity index (χ1v) is 12.2. The van der Waals surface area contributed by atoms with Gasteiger partial charge in [-0.05, 0) is 79.4 Å². The molecule has 2 aromatic rings. The van der Waals surface area contributed by atoms with Gasteiger partial charge in [-0.2, -0.15) is 11.8 Å². The molecule has 0 radical (unpaired) electrons. The lowest BCUT2D eigenvalue weighted by molar-refractivity contribution is 0.517. The van der Waals surface area contributed by atoms with E-state index in [1.54, 1.807) is 0 Å². The second kappa shape index (κ2) is 11.0. The average Bonchev–Trinajstić information content (AvgIpc) is 3.53. The predicted molar refractivity (Wildman–Crippen MR) is 123 cm³/mol. The molecule has 3 rings (SSSR count). The summed E-state index contributed by atoms with van der Waals surface area (Å²) in [7, 11) is 0. The van der Waals surface area contributed by atoms with Gasteiger partial charge in [-0.1, -0.05) is 50.1 Å². The topological polar surface area (TPSA) is 38.9 Å². The highest BCUT2D eigenvalue weighted by molar-refractivity contribution is 7.98. The van der Waals surface area contributed by atoms with Crippen LogP contribution in [0.1, 0.15) is 86.2 Å². The van der Waals surface area contributed by atoms with Crippen molar-refractivity contribution in [3.8, 4) is 0 Å². The third kappa shape index (κ3) is 6.63. The Balaban J connectivity index is 1.40. The summed E-state index contributed by atoms with van der Waals surface area (Å²) in [6.45, 7) is 4.45. The molecule has 0 amide bonds. The second-order valence-electron chi connectivity index (χ2n) is 8.39. The summed E-state index contributed by atoms with van der Waals surface area (Å²) in [6, 6.07) is 13.2. The van der Waals surface area contributed by atoms with Gasteiger partial charge in [0.05, 0.1) is 5.69 Å². The maximum atomic E-state index is 6.42. The zero-order valence-electron chi connectivity index (χ0n) is 17.6. The van der Waals surface area contributed by atoms with Gasteiger partial charge in [-0.15, -0.1) is 0 Å². The number of thioether (sulfide) groups is 1. The Bertz CT molecular complexity index is 709. The van der Waals surface area contributed by atoms with Crippen LogP contribution >= 0.6 is 11.8 Å². The first-order valence-electron chi connectivity index (χ1n) is 11.0. The maximum Gasteiger partial charge on any atom is 0.0502 e. The van der Waals surface area contributed by atoms with E-state index in [4.69, 9.17) is 10.7 Å². The van der Waals surface area contributed by atoms with Crippen LogP contribution in [0, 0.1) is 12.8 Å². The van der Waals surface area contributed by atoms with E-state index in [1.807, 2.05) is 11.8 Å². The monoisotopic (exact) mass is 396 g/mol. The standard InChI is InChI=1S/C25H36N2S/c1-3-21(9-5-7-11-25(26)24-10-6-4-8-19(24)2)22-14-15-23(27-16-22)18-28-17-20-12-13-20/h4,6,8,10,14-16,20-21,25H,3,5,7,9,11-13,17-18,26H2,1-2H3/t21-,25-/m1/s1. The first-order chi connectivity index (χ1) is 13.7. The molecule has 1 saturated carbocycles. The van der Waals surface area contributed by atoms with Crippen LogP contribution in [0.2, 0.25) is 0 Å². The van der Waals surface area contributed by atoms with Crippen molar-refractivity contribution in [3.05, 3.63) is 65.0 Å². The first kappa shape index (κ1) is 21.4. The van der Waals surface area contributed by atoms with Crippen LogP contribution in [0.4, 0.5) is 0 Å². The lowest BCUT2D eigenvalue weighted by atomic mass is 9.90. The van der Waals surface area contributed by atoms with Crippen molar-refractivity contribution in [1.29, 1.82) is 0 Å². The Labute approximate surface area is 175 Å². The predicted octanol–water partition coefficient (Wildman–Crippen LogP) is 6.79. The average molecular weight is 397 g/mol. The molecular formula is C25H36N2S. The van der Waals surface area contributed by atoms with Crippen LogP contribution in [-0.4, -0.2) is 10.7 Å². The highest BCUT2D eigenvalue weighted by Gasteiger charge is 2.20. The van der Waals surface area contributed by atoms with Crippen molar-refractivity contribution in [2.45, 2.75) is 76.5 Å². The highest BCUT2D eigenvalue weighted by atomic mass is 32.2. The smallest absolute Gasteiger partial charge is 0.0502 e. The molecular weight excluding hydrogens is 360 g/mol. The molecule has 28 heavy (non-hydrogen) atoms. The zero-order chi connectivity index (χ0) is 19.8. The van der Waals surface area contributed by atoms with Gasteiger partial charge in [-0.25, -0.2) is 0 Å². The van der Waals surface area contributed by atoms with Gasteiger partial charge in [0.2, 0.25) is 0 Å². The van der Waals surface area contributed by atoms with Gasteiger partial charge in [-0.3, -0.25) is 4.98 Å². The Morgan fingerprint density at radius 2 is 1.89 bits per heavy atom. The summed E-state index contributed by atoms with van der Waals surface area (Å²) in [4.78, 5) is 4.73. The zero-order valence-corrected chi connectivity index (χ0v) is 18.4. The van der Waals surface area contributed by atoms with Crippen LogP contribution in [0.15, 0.2) is 42.6 Å². The van der Waals surface area contributed by atoms with Gasteiger partial charge in [0.1, 0.15) is 0 Å². The number of pyridine rings is 1. The van der Waals surface area contributed by atoms with E-state index in [2.05, 4.69) is 56.4 Å². The van der Waals surface area contributed by atoms with Gasteiger partial charge < -0.3 is 5.73 Å². The number of rotatable bonds is 12. The Hall–Kier alpha value is -1.32. The molecule has 0 unspecified atom stereocenters. The maximum absolute atomic E-state index is 6.42. The van der Waals surface area contributed by atoms with Crippen molar-refractivity contribution in [2.24, 2.45) is 11.7 Å². The molecule has 1 heterocycles. The third-order valence-electron chi connectivity index (χ3n) is 6.02. The fourth-order valence-electron chi connectivity index (χ4n) is 3.90. The summed E-state index contributed by atoms with van der Waals surface area (Å²) in [5, 5.41) is 0. The van der Waals surface area contributed by atoms with E-state index in [0.29, 0.717) is 5.92 Å². The van der Waals surface area contributed by atoms with E-state index in [0.717, 1.165) is 18.1 Å². The number of unbranched alkanes of at least 4 members (excludes halogenated alkanes) is 1. The molecule has 152 valence electrons. The van der Waals surface area contributed by atoms with E-state index in [-0.39, 0.29) is 6.04 Å². The number of aromatic nitrogens is 1. The molecule has 1 aliphatic rings. The number of nitrogens with two attached hydrogens (primary N) is 1. The largest absolute Gasteiger partial charge is 0.324 e. The molecule has 1 fully saturated rings. The summed E-state index contributed by atoms with van der Waals surface area (Å²) in [5.41, 5.74) is 11.7. The van der Waals surface area contributed by atoms with E-state index < -0.39 is 0 Å². The van der Waals surface area contributed by atoms with Crippen LogP contribution in [0.25, 0.3) is 0 Å². The Morgan fingerprint density at radius 3 is 2.57 bits per heavy atom. The van der Waals surface area contributed by atoms with Crippen molar-refractivity contribution in [3.63, 3.8) is 0 Å². The van der Waals surface area contributed by atoms with E-state index in [9.17, 15) is 0 Å². The number of hydrogen-bond donors (Lipinski definition) is 1. The molecule has 3 heteroatoms. The fourth-order valence-corrected chi connectivity index (χ4v) is 5.06.